The molecule has 0 fully saturated rings. The van der Waals surface area contributed by atoms with Gasteiger partial charge in [-0.2, -0.15) is 0 Å². The highest BCUT2D eigenvalue weighted by molar-refractivity contribution is 6.13. The second-order valence-electron chi connectivity index (χ2n) is 6.15. The van der Waals surface area contributed by atoms with Crippen LogP contribution in [0, 0.1) is 13.8 Å². The van der Waals surface area contributed by atoms with E-state index in [0.717, 1.165) is 0 Å². The van der Waals surface area contributed by atoms with E-state index in [0.29, 0.717) is 47.0 Å². The highest BCUT2D eigenvalue weighted by Crippen LogP contribution is 2.27. The third-order valence-corrected chi connectivity index (χ3v) is 4.27. The number of aromatic amines is 1. The minimum absolute atomic E-state index is 0.140. The van der Waals surface area contributed by atoms with E-state index in [4.69, 9.17) is 14.2 Å². The topological polar surface area (TPSA) is 90.0 Å². The number of cyclic esters (lactones) is 1. The van der Waals surface area contributed by atoms with E-state index in [1.807, 2.05) is 19.1 Å². The summed E-state index contributed by atoms with van der Waals surface area (Å²) < 4.78 is 16.0. The van der Waals surface area contributed by atoms with Crippen LogP contribution in [0.25, 0.3) is 6.08 Å². The number of aryl methyl sites for hydroxylation is 1. The van der Waals surface area contributed by atoms with Crippen molar-refractivity contribution in [2.24, 2.45) is 4.99 Å². The van der Waals surface area contributed by atoms with Crippen molar-refractivity contribution >= 4 is 23.9 Å². The van der Waals surface area contributed by atoms with Crippen LogP contribution >= 0.6 is 0 Å². The lowest BCUT2D eigenvalue weighted by molar-refractivity contribution is -0.129. The zero-order valence-corrected chi connectivity index (χ0v) is 16.3. The molecule has 0 saturated carbocycles. The molecule has 0 radical (unpaired) electrons. The molecule has 0 spiro atoms. The van der Waals surface area contributed by atoms with Crippen LogP contribution in [0.4, 0.5) is 0 Å². The number of H-pyrrole nitrogens is 1. The van der Waals surface area contributed by atoms with Crippen molar-refractivity contribution in [2.45, 2.75) is 27.7 Å². The molecular formula is C21H22N2O5. The molecule has 0 saturated heterocycles. The normalized spacial score (nSPS) is 14.8. The Morgan fingerprint density at radius 3 is 2.68 bits per heavy atom. The van der Waals surface area contributed by atoms with Gasteiger partial charge in [0.15, 0.2) is 5.70 Å². The third-order valence-electron chi connectivity index (χ3n) is 4.27. The zero-order valence-electron chi connectivity index (χ0n) is 16.3. The largest absolute Gasteiger partial charge is 0.493 e. The van der Waals surface area contributed by atoms with Crippen LogP contribution < -0.4 is 4.74 Å². The molecule has 7 nitrogen and oxygen atoms in total. The van der Waals surface area contributed by atoms with Crippen molar-refractivity contribution in [1.82, 2.24) is 4.98 Å². The summed E-state index contributed by atoms with van der Waals surface area (Å²) in [5.41, 5.74) is 3.17. The molecule has 0 bridgehead atoms. The Labute approximate surface area is 163 Å². The summed E-state index contributed by atoms with van der Waals surface area (Å²) in [7, 11) is 0. The monoisotopic (exact) mass is 382 g/mol. The standard InChI is InChI=1S/C21H22N2O5/c1-5-26-17-10-8-7-9-14(17)19-23-16(20(24)28-19)11-15-12(3)18(13(4)22-15)21(25)27-6-2/h7-11,22H,5-6H2,1-4H3/b16-11-. The van der Waals surface area contributed by atoms with Crippen molar-refractivity contribution in [3.63, 3.8) is 0 Å². The van der Waals surface area contributed by atoms with Crippen molar-refractivity contribution in [3.8, 4) is 5.75 Å². The molecule has 1 aromatic carbocycles. The predicted octanol–water partition coefficient (Wildman–Crippen LogP) is 3.55. The van der Waals surface area contributed by atoms with Gasteiger partial charge in [-0.05, 0) is 51.5 Å². The van der Waals surface area contributed by atoms with Crippen LogP contribution in [0.5, 0.6) is 5.75 Å². The van der Waals surface area contributed by atoms with Gasteiger partial charge < -0.3 is 19.2 Å². The molecule has 3 rings (SSSR count). The number of nitrogens with one attached hydrogen (secondary N) is 1. The van der Waals surface area contributed by atoms with Gasteiger partial charge in [0.25, 0.3) is 0 Å². The second kappa shape index (κ2) is 8.12. The maximum absolute atomic E-state index is 12.3. The molecule has 2 aromatic rings. The van der Waals surface area contributed by atoms with Gasteiger partial charge in [-0.25, -0.2) is 14.6 Å². The molecule has 2 heterocycles. The molecule has 1 aliphatic heterocycles. The summed E-state index contributed by atoms with van der Waals surface area (Å²) in [4.78, 5) is 31.9. The summed E-state index contributed by atoms with van der Waals surface area (Å²) in [6.45, 7) is 7.97. The van der Waals surface area contributed by atoms with Crippen molar-refractivity contribution < 1.29 is 23.8 Å². The summed E-state index contributed by atoms with van der Waals surface area (Å²) >= 11 is 0. The van der Waals surface area contributed by atoms with Gasteiger partial charge in [-0.1, -0.05) is 12.1 Å². The van der Waals surface area contributed by atoms with Crippen molar-refractivity contribution in [1.29, 1.82) is 0 Å². The lowest BCUT2D eigenvalue weighted by atomic mass is 10.1. The van der Waals surface area contributed by atoms with Crippen LogP contribution in [0.15, 0.2) is 35.0 Å². The van der Waals surface area contributed by atoms with Gasteiger partial charge in [0, 0.05) is 11.4 Å². The second-order valence-corrected chi connectivity index (χ2v) is 6.15. The van der Waals surface area contributed by atoms with E-state index in [-0.39, 0.29) is 11.6 Å². The minimum Gasteiger partial charge on any atom is -0.493 e. The maximum Gasteiger partial charge on any atom is 0.363 e. The Hall–Kier alpha value is -3.35. The van der Waals surface area contributed by atoms with Crippen LogP contribution in [-0.2, 0) is 14.3 Å². The Kier molecular flexibility index (Phi) is 5.63. The van der Waals surface area contributed by atoms with Gasteiger partial charge in [0.2, 0.25) is 5.90 Å². The fourth-order valence-electron chi connectivity index (χ4n) is 3.01. The predicted molar refractivity (Wildman–Crippen MR) is 104 cm³/mol. The first-order chi connectivity index (χ1) is 13.5. The molecule has 0 aliphatic carbocycles. The average molecular weight is 382 g/mol. The van der Waals surface area contributed by atoms with E-state index in [9.17, 15) is 9.59 Å². The molecule has 1 aliphatic rings. The lowest BCUT2D eigenvalue weighted by Gasteiger charge is -2.08. The fourth-order valence-corrected chi connectivity index (χ4v) is 3.01. The van der Waals surface area contributed by atoms with E-state index in [1.165, 1.54) is 0 Å². The number of hydrogen-bond donors (Lipinski definition) is 1. The number of carbonyl (C=O) groups excluding carboxylic acids is 2. The minimum atomic E-state index is -0.564. The van der Waals surface area contributed by atoms with Gasteiger partial charge in [0.05, 0.1) is 24.3 Å². The number of ether oxygens (including phenoxy) is 3. The SMILES string of the molecule is CCOC(=O)c1c(C)[nH]c(/C=C2\N=C(c3ccccc3OCC)OC2=O)c1C. The number of rotatable bonds is 6. The lowest BCUT2D eigenvalue weighted by Crippen LogP contribution is -2.08. The zero-order chi connectivity index (χ0) is 20.3. The first kappa shape index (κ1) is 19.4. The van der Waals surface area contributed by atoms with Crippen LogP contribution in [0.1, 0.15) is 46.7 Å². The Morgan fingerprint density at radius 2 is 1.96 bits per heavy atom. The highest BCUT2D eigenvalue weighted by atomic mass is 16.6. The molecule has 0 atom stereocenters. The van der Waals surface area contributed by atoms with Crippen LogP contribution in [0.3, 0.4) is 0 Å². The average Bonchev–Trinajstić information content (AvgIpc) is 3.15. The van der Waals surface area contributed by atoms with Crippen molar-refractivity contribution in [2.75, 3.05) is 13.2 Å². The van der Waals surface area contributed by atoms with Crippen LogP contribution in [0.2, 0.25) is 0 Å². The molecule has 1 N–H and O–H groups in total. The Bertz CT molecular complexity index is 985. The number of esters is 2. The number of nitrogens with zero attached hydrogens (tertiary/aromatic N) is 1. The number of aliphatic imine (C=N–C) groups is 1. The van der Waals surface area contributed by atoms with Gasteiger partial charge in [-0.15, -0.1) is 0 Å². The summed E-state index contributed by atoms with van der Waals surface area (Å²) in [5, 5.41) is 0. The molecule has 0 amide bonds. The highest BCUT2D eigenvalue weighted by Gasteiger charge is 2.27. The summed E-state index contributed by atoms with van der Waals surface area (Å²) in [5.74, 6) is -0.186. The maximum atomic E-state index is 12.3. The molecule has 28 heavy (non-hydrogen) atoms. The van der Waals surface area contributed by atoms with E-state index < -0.39 is 11.9 Å². The Balaban J connectivity index is 1.97. The first-order valence-corrected chi connectivity index (χ1v) is 9.07. The van der Waals surface area contributed by atoms with E-state index in [1.54, 1.807) is 39.0 Å². The van der Waals surface area contributed by atoms with Gasteiger partial charge >= 0.3 is 11.9 Å². The molecular weight excluding hydrogens is 360 g/mol. The number of carbonyl (C=O) groups is 2. The number of aromatic nitrogens is 1. The van der Waals surface area contributed by atoms with Gasteiger partial charge in [0.1, 0.15) is 5.75 Å². The first-order valence-electron chi connectivity index (χ1n) is 9.07. The molecule has 1 aromatic heterocycles. The number of benzene rings is 1. The Morgan fingerprint density at radius 1 is 1.21 bits per heavy atom. The summed E-state index contributed by atoms with van der Waals surface area (Å²) in [6.07, 6.45) is 1.57. The molecule has 146 valence electrons. The van der Waals surface area contributed by atoms with Crippen molar-refractivity contribution in [3.05, 3.63) is 58.0 Å². The summed E-state index contributed by atoms with van der Waals surface area (Å²) in [6, 6.07) is 7.23. The fraction of sp³-hybridized carbons (Fsp3) is 0.286. The third kappa shape index (κ3) is 3.69. The number of hydrogen-bond acceptors (Lipinski definition) is 6. The van der Waals surface area contributed by atoms with Gasteiger partial charge in [-0.3, -0.25) is 0 Å². The molecule has 7 heteroatoms. The quantitative estimate of drug-likeness (QED) is 0.609. The number of para-hydroxylation sites is 1. The smallest absolute Gasteiger partial charge is 0.363 e. The molecule has 0 unspecified atom stereocenters. The van der Waals surface area contributed by atoms with E-state index >= 15 is 0 Å². The van der Waals surface area contributed by atoms with Crippen LogP contribution in [-0.4, -0.2) is 36.0 Å². The van der Waals surface area contributed by atoms with E-state index in [2.05, 4.69) is 9.98 Å².